The van der Waals surface area contributed by atoms with E-state index in [1.54, 1.807) is 6.07 Å². The molecule has 124 valence electrons. The van der Waals surface area contributed by atoms with E-state index in [1.165, 1.54) is 10.6 Å². The van der Waals surface area contributed by atoms with E-state index in [9.17, 15) is 9.59 Å². The molecule has 0 aliphatic heterocycles. The van der Waals surface area contributed by atoms with Crippen molar-refractivity contribution in [1.82, 2.24) is 14.5 Å². The molecule has 0 amide bonds. The first-order valence-corrected chi connectivity index (χ1v) is 8.65. The predicted octanol–water partition coefficient (Wildman–Crippen LogP) is 4.27. The summed E-state index contributed by atoms with van der Waals surface area (Å²) in [5.74, 6) is 0.147. The number of hydrogen-bond acceptors (Lipinski definition) is 3. The zero-order valence-corrected chi connectivity index (χ0v) is 15.8. The number of pyridine rings is 1. The number of nitrogens with zero attached hydrogens (tertiary/aromatic N) is 2. The summed E-state index contributed by atoms with van der Waals surface area (Å²) in [6.45, 7) is 4.03. The highest BCUT2D eigenvalue weighted by molar-refractivity contribution is 9.10. The third-order valence-electron chi connectivity index (χ3n) is 3.65. The maximum Gasteiger partial charge on any atom is 0.334 e. The summed E-state index contributed by atoms with van der Waals surface area (Å²) in [4.78, 5) is 31.1. The molecule has 24 heavy (non-hydrogen) atoms. The van der Waals surface area contributed by atoms with Gasteiger partial charge in [-0.25, -0.2) is 14.3 Å². The van der Waals surface area contributed by atoms with Gasteiger partial charge in [0.15, 0.2) is 5.65 Å². The van der Waals surface area contributed by atoms with Crippen molar-refractivity contribution in [1.29, 1.82) is 0 Å². The van der Waals surface area contributed by atoms with Crippen LogP contribution in [-0.2, 0) is 0 Å². The van der Waals surface area contributed by atoms with Gasteiger partial charge in [0.25, 0.3) is 5.56 Å². The van der Waals surface area contributed by atoms with Crippen molar-refractivity contribution in [3.8, 4) is 5.69 Å². The molecule has 0 saturated heterocycles. The predicted molar refractivity (Wildman–Crippen MR) is 99.8 cm³/mol. The average Bonchev–Trinajstić information content (AvgIpc) is 2.50. The van der Waals surface area contributed by atoms with Gasteiger partial charge in [0.1, 0.15) is 5.15 Å². The lowest BCUT2D eigenvalue weighted by molar-refractivity contribution is 0.830. The standard InChI is InChI=1S/C16H12BrCl2N3O2/c1-7(2)9-5-8(17)3-4-12(9)22-14-10(15(23)21-16(22)24)6-11(18)13(19)20-14/h3-7H,1-2H3,(H,21,23,24). The SMILES string of the molecule is CC(C)c1cc(Br)ccc1-n1c(=O)[nH]c(=O)c2cc(Cl)c(Cl)nc21. The van der Waals surface area contributed by atoms with E-state index in [-0.39, 0.29) is 27.1 Å². The molecule has 1 N–H and O–H groups in total. The van der Waals surface area contributed by atoms with E-state index < -0.39 is 11.2 Å². The third-order valence-corrected chi connectivity index (χ3v) is 4.81. The topological polar surface area (TPSA) is 67.8 Å². The fourth-order valence-corrected chi connectivity index (χ4v) is 3.19. The van der Waals surface area contributed by atoms with Crippen LogP contribution < -0.4 is 11.2 Å². The fraction of sp³-hybridized carbons (Fsp3) is 0.188. The molecule has 0 saturated carbocycles. The quantitative estimate of drug-likeness (QED) is 0.619. The van der Waals surface area contributed by atoms with Crippen molar-refractivity contribution in [2.24, 2.45) is 0 Å². The number of aromatic nitrogens is 3. The van der Waals surface area contributed by atoms with Gasteiger partial charge in [-0.2, -0.15) is 0 Å². The molecule has 0 unspecified atom stereocenters. The van der Waals surface area contributed by atoms with Crippen molar-refractivity contribution in [3.63, 3.8) is 0 Å². The number of rotatable bonds is 2. The highest BCUT2D eigenvalue weighted by Gasteiger charge is 2.17. The summed E-state index contributed by atoms with van der Waals surface area (Å²) in [6, 6.07) is 6.96. The maximum absolute atomic E-state index is 12.5. The summed E-state index contributed by atoms with van der Waals surface area (Å²) in [5, 5.41) is 0.382. The van der Waals surface area contributed by atoms with Gasteiger partial charge in [-0.15, -0.1) is 0 Å². The number of halogens is 3. The van der Waals surface area contributed by atoms with Gasteiger partial charge in [-0.1, -0.05) is 53.0 Å². The Hall–Kier alpha value is -1.63. The summed E-state index contributed by atoms with van der Waals surface area (Å²) in [6.07, 6.45) is 0. The number of benzene rings is 1. The van der Waals surface area contributed by atoms with Crippen LogP contribution in [-0.4, -0.2) is 14.5 Å². The Morgan fingerprint density at radius 1 is 1.21 bits per heavy atom. The van der Waals surface area contributed by atoms with Gasteiger partial charge in [0.2, 0.25) is 0 Å². The molecule has 0 spiro atoms. The molecule has 0 radical (unpaired) electrons. The van der Waals surface area contributed by atoms with Crippen LogP contribution in [0.4, 0.5) is 0 Å². The lowest BCUT2D eigenvalue weighted by atomic mass is 10.0. The zero-order chi connectivity index (χ0) is 17.6. The number of fused-ring (bicyclic) bond motifs is 1. The molecule has 0 atom stereocenters. The number of nitrogens with one attached hydrogen (secondary N) is 1. The van der Waals surface area contributed by atoms with Crippen LogP contribution in [0.5, 0.6) is 0 Å². The normalized spacial score (nSPS) is 11.4. The summed E-state index contributed by atoms with van der Waals surface area (Å²) >= 11 is 15.4. The minimum atomic E-state index is -0.581. The first-order valence-electron chi connectivity index (χ1n) is 7.10. The van der Waals surface area contributed by atoms with Crippen molar-refractivity contribution < 1.29 is 0 Å². The summed E-state index contributed by atoms with van der Waals surface area (Å²) in [7, 11) is 0. The Morgan fingerprint density at radius 3 is 2.58 bits per heavy atom. The monoisotopic (exact) mass is 427 g/mol. The fourth-order valence-electron chi connectivity index (χ4n) is 2.53. The minimum absolute atomic E-state index is 0.0334. The van der Waals surface area contributed by atoms with Gasteiger partial charge in [0, 0.05) is 4.47 Å². The van der Waals surface area contributed by atoms with E-state index in [2.05, 4.69) is 25.9 Å². The second-order valence-corrected chi connectivity index (χ2v) is 7.27. The van der Waals surface area contributed by atoms with E-state index in [4.69, 9.17) is 23.2 Å². The summed E-state index contributed by atoms with van der Waals surface area (Å²) < 4.78 is 2.24. The smallest absolute Gasteiger partial charge is 0.273 e. The third kappa shape index (κ3) is 2.90. The van der Waals surface area contributed by atoms with Gasteiger partial charge in [0.05, 0.1) is 16.1 Å². The minimum Gasteiger partial charge on any atom is -0.273 e. The molecule has 8 heteroatoms. The van der Waals surface area contributed by atoms with E-state index in [1.807, 2.05) is 26.0 Å². The van der Waals surface area contributed by atoms with Crippen LogP contribution in [0.1, 0.15) is 25.3 Å². The number of hydrogen-bond donors (Lipinski definition) is 1. The van der Waals surface area contributed by atoms with Gasteiger partial charge < -0.3 is 0 Å². The van der Waals surface area contributed by atoms with Crippen molar-refractivity contribution in [3.05, 3.63) is 65.3 Å². The molecule has 2 aromatic heterocycles. The molecule has 0 fully saturated rings. The highest BCUT2D eigenvalue weighted by atomic mass is 79.9. The lowest BCUT2D eigenvalue weighted by Gasteiger charge is -2.16. The Labute approximate surface area is 155 Å². The zero-order valence-electron chi connectivity index (χ0n) is 12.7. The van der Waals surface area contributed by atoms with Crippen molar-refractivity contribution in [2.75, 3.05) is 0 Å². The van der Waals surface area contributed by atoms with Gasteiger partial charge in [-0.05, 0) is 35.7 Å². The molecule has 0 bridgehead atoms. The first-order chi connectivity index (χ1) is 11.3. The van der Waals surface area contributed by atoms with Crippen molar-refractivity contribution in [2.45, 2.75) is 19.8 Å². The van der Waals surface area contributed by atoms with E-state index in [0.29, 0.717) is 5.69 Å². The number of H-pyrrole nitrogens is 1. The second kappa shape index (κ2) is 6.35. The van der Waals surface area contributed by atoms with Crippen molar-refractivity contribution >= 4 is 50.2 Å². The molecule has 3 aromatic rings. The molecular weight excluding hydrogens is 417 g/mol. The van der Waals surface area contributed by atoms with Crippen LogP contribution in [0.3, 0.4) is 0 Å². The van der Waals surface area contributed by atoms with Crippen LogP contribution in [0.25, 0.3) is 16.7 Å². The molecular formula is C16H12BrCl2N3O2. The Bertz CT molecular complexity index is 1070. The largest absolute Gasteiger partial charge is 0.334 e. The van der Waals surface area contributed by atoms with Crippen LogP contribution >= 0.6 is 39.1 Å². The molecule has 0 aliphatic carbocycles. The van der Waals surface area contributed by atoms with Gasteiger partial charge in [-0.3, -0.25) is 9.78 Å². The molecule has 0 aliphatic rings. The average molecular weight is 429 g/mol. The molecule has 1 aromatic carbocycles. The molecule has 2 heterocycles. The first kappa shape index (κ1) is 17.2. The Kier molecular flexibility index (Phi) is 4.55. The van der Waals surface area contributed by atoms with Crippen LogP contribution in [0.15, 0.2) is 38.3 Å². The molecule has 3 rings (SSSR count). The van der Waals surface area contributed by atoms with E-state index >= 15 is 0 Å². The van der Waals surface area contributed by atoms with Crippen LogP contribution in [0.2, 0.25) is 10.2 Å². The number of aromatic amines is 1. The highest BCUT2D eigenvalue weighted by Crippen LogP contribution is 2.28. The maximum atomic E-state index is 12.5. The van der Waals surface area contributed by atoms with Crippen LogP contribution in [0, 0.1) is 0 Å². The Morgan fingerprint density at radius 2 is 1.92 bits per heavy atom. The Balaban J connectivity index is 2.50. The summed E-state index contributed by atoms with van der Waals surface area (Å²) in [5.41, 5.74) is 0.587. The second-order valence-electron chi connectivity index (χ2n) is 5.58. The van der Waals surface area contributed by atoms with E-state index in [0.717, 1.165) is 10.0 Å². The lowest BCUT2D eigenvalue weighted by Crippen LogP contribution is -2.30. The molecule has 5 nitrogen and oxygen atoms in total. The van der Waals surface area contributed by atoms with Gasteiger partial charge >= 0.3 is 5.69 Å².